The van der Waals surface area contributed by atoms with Crippen LogP contribution in [0.25, 0.3) is 0 Å². The summed E-state index contributed by atoms with van der Waals surface area (Å²) in [7, 11) is 3.53. The molecular formula is C17H24BrNO2. The maximum absolute atomic E-state index is 12.7. The lowest BCUT2D eigenvalue weighted by molar-refractivity contribution is 0.0634. The third-order valence-corrected chi connectivity index (χ3v) is 5.27. The van der Waals surface area contributed by atoms with Crippen molar-refractivity contribution in [3.05, 3.63) is 28.2 Å². The zero-order valence-electron chi connectivity index (χ0n) is 13.3. The summed E-state index contributed by atoms with van der Waals surface area (Å²) in [6.45, 7) is 4.62. The van der Waals surface area contributed by atoms with Crippen molar-refractivity contribution < 1.29 is 9.53 Å². The molecule has 1 aromatic rings. The van der Waals surface area contributed by atoms with Gasteiger partial charge in [0.2, 0.25) is 0 Å². The molecule has 0 aliphatic heterocycles. The van der Waals surface area contributed by atoms with Crippen molar-refractivity contribution in [2.24, 2.45) is 5.41 Å². The molecule has 0 saturated heterocycles. The number of carbonyl (C=O) groups excluding carboxylic acids is 1. The van der Waals surface area contributed by atoms with E-state index < -0.39 is 0 Å². The first-order valence-corrected chi connectivity index (χ1v) is 8.24. The predicted octanol–water partition coefficient (Wildman–Crippen LogP) is 4.50. The van der Waals surface area contributed by atoms with Gasteiger partial charge in [0.25, 0.3) is 5.91 Å². The van der Waals surface area contributed by atoms with Gasteiger partial charge in [0.15, 0.2) is 0 Å². The van der Waals surface area contributed by atoms with Crippen molar-refractivity contribution in [1.82, 2.24) is 4.90 Å². The molecule has 1 aliphatic rings. The number of halogens is 1. The van der Waals surface area contributed by atoms with Gasteiger partial charge in [0.05, 0.1) is 12.7 Å². The zero-order valence-corrected chi connectivity index (χ0v) is 14.9. The van der Waals surface area contributed by atoms with E-state index in [0.29, 0.717) is 22.8 Å². The van der Waals surface area contributed by atoms with Crippen LogP contribution in [0.2, 0.25) is 0 Å². The molecule has 0 bridgehead atoms. The van der Waals surface area contributed by atoms with Crippen molar-refractivity contribution in [2.75, 3.05) is 14.2 Å². The topological polar surface area (TPSA) is 29.5 Å². The van der Waals surface area contributed by atoms with Crippen LogP contribution in [-0.4, -0.2) is 31.0 Å². The highest BCUT2D eigenvalue weighted by Crippen LogP contribution is 2.37. The summed E-state index contributed by atoms with van der Waals surface area (Å²) < 4.78 is 6.04. The highest BCUT2D eigenvalue weighted by molar-refractivity contribution is 9.10. The van der Waals surface area contributed by atoms with E-state index in [9.17, 15) is 4.79 Å². The summed E-state index contributed by atoms with van der Waals surface area (Å²) in [6.07, 6.45) is 4.51. The molecule has 0 N–H and O–H groups in total. The maximum Gasteiger partial charge on any atom is 0.255 e. The SMILES string of the molecule is COc1ccc(Br)c(C(=O)N(C)C2CCC(C)(C)CC2)c1. The monoisotopic (exact) mass is 353 g/mol. The standard InChI is InChI=1S/C17H24BrNO2/c1-17(2)9-7-12(8-10-17)19(3)16(20)14-11-13(21-4)5-6-15(14)18/h5-6,11-12H,7-10H2,1-4H3. The first-order chi connectivity index (χ1) is 9.84. The first kappa shape index (κ1) is 16.3. The average Bonchev–Trinajstić information content (AvgIpc) is 2.46. The van der Waals surface area contributed by atoms with Gasteiger partial charge in [-0.3, -0.25) is 4.79 Å². The highest BCUT2D eigenvalue weighted by atomic mass is 79.9. The molecule has 0 aromatic heterocycles. The van der Waals surface area contributed by atoms with Crippen molar-refractivity contribution in [2.45, 2.75) is 45.6 Å². The minimum atomic E-state index is 0.0606. The molecular weight excluding hydrogens is 330 g/mol. The van der Waals surface area contributed by atoms with E-state index in [2.05, 4.69) is 29.8 Å². The summed E-state index contributed by atoms with van der Waals surface area (Å²) in [5.41, 5.74) is 1.08. The van der Waals surface area contributed by atoms with Crippen molar-refractivity contribution in [1.29, 1.82) is 0 Å². The highest BCUT2D eigenvalue weighted by Gasteiger charge is 2.31. The molecule has 1 aliphatic carbocycles. The molecule has 1 aromatic carbocycles. The predicted molar refractivity (Wildman–Crippen MR) is 88.8 cm³/mol. The van der Waals surface area contributed by atoms with Gasteiger partial charge in [-0.1, -0.05) is 13.8 Å². The number of amides is 1. The van der Waals surface area contributed by atoms with Crippen LogP contribution in [0.4, 0.5) is 0 Å². The molecule has 0 unspecified atom stereocenters. The molecule has 1 amide bonds. The van der Waals surface area contributed by atoms with E-state index in [1.807, 2.05) is 24.1 Å². The van der Waals surface area contributed by atoms with Gasteiger partial charge in [0, 0.05) is 17.6 Å². The number of hydrogen-bond acceptors (Lipinski definition) is 2. The van der Waals surface area contributed by atoms with Gasteiger partial charge in [-0.05, 0) is 65.2 Å². The molecule has 2 rings (SSSR count). The van der Waals surface area contributed by atoms with Gasteiger partial charge in [-0.25, -0.2) is 0 Å². The van der Waals surface area contributed by atoms with Crippen molar-refractivity contribution in [3.63, 3.8) is 0 Å². The number of ether oxygens (including phenoxy) is 1. The Morgan fingerprint density at radius 3 is 2.52 bits per heavy atom. The second kappa shape index (κ2) is 6.39. The van der Waals surface area contributed by atoms with Gasteiger partial charge in [0.1, 0.15) is 5.75 Å². The van der Waals surface area contributed by atoms with Gasteiger partial charge >= 0.3 is 0 Å². The number of carbonyl (C=O) groups is 1. The molecule has 1 fully saturated rings. The van der Waals surface area contributed by atoms with Crippen molar-refractivity contribution in [3.8, 4) is 5.75 Å². The Morgan fingerprint density at radius 2 is 1.95 bits per heavy atom. The summed E-state index contributed by atoms with van der Waals surface area (Å²) >= 11 is 3.47. The number of rotatable bonds is 3. The lowest BCUT2D eigenvalue weighted by Crippen LogP contribution is -2.41. The van der Waals surface area contributed by atoms with Crippen LogP contribution in [0.3, 0.4) is 0 Å². The maximum atomic E-state index is 12.7. The van der Waals surface area contributed by atoms with E-state index in [4.69, 9.17) is 4.74 Å². The van der Waals surface area contributed by atoms with Crippen LogP contribution in [0, 0.1) is 5.41 Å². The van der Waals surface area contributed by atoms with Crippen LogP contribution in [0.5, 0.6) is 5.75 Å². The minimum absolute atomic E-state index is 0.0606. The molecule has 1 saturated carbocycles. The fourth-order valence-corrected chi connectivity index (χ4v) is 3.34. The molecule has 21 heavy (non-hydrogen) atoms. The Balaban J connectivity index is 2.13. The van der Waals surface area contributed by atoms with Gasteiger partial charge in [-0.15, -0.1) is 0 Å². The summed E-state index contributed by atoms with van der Waals surface area (Å²) in [6, 6.07) is 5.85. The van der Waals surface area contributed by atoms with E-state index in [-0.39, 0.29) is 5.91 Å². The Morgan fingerprint density at radius 1 is 1.33 bits per heavy atom. The Bertz CT molecular complexity index is 518. The molecule has 0 atom stereocenters. The molecule has 0 heterocycles. The van der Waals surface area contributed by atoms with Crippen molar-refractivity contribution >= 4 is 21.8 Å². The van der Waals surface area contributed by atoms with Crippen LogP contribution < -0.4 is 4.74 Å². The van der Waals surface area contributed by atoms with E-state index in [1.165, 1.54) is 12.8 Å². The zero-order chi connectivity index (χ0) is 15.6. The third-order valence-electron chi connectivity index (χ3n) is 4.58. The Kier molecular flexibility index (Phi) is 4.97. The number of nitrogens with zero attached hydrogens (tertiary/aromatic N) is 1. The van der Waals surface area contributed by atoms with E-state index >= 15 is 0 Å². The average molecular weight is 354 g/mol. The van der Waals surface area contributed by atoms with Gasteiger partial charge in [-0.2, -0.15) is 0 Å². The number of benzene rings is 1. The van der Waals surface area contributed by atoms with Crippen LogP contribution in [-0.2, 0) is 0 Å². The molecule has 0 spiro atoms. The smallest absolute Gasteiger partial charge is 0.255 e. The van der Waals surface area contributed by atoms with Crippen LogP contribution in [0.15, 0.2) is 22.7 Å². The largest absolute Gasteiger partial charge is 0.497 e. The number of methoxy groups -OCH3 is 1. The second-order valence-electron chi connectivity index (χ2n) is 6.66. The fraction of sp³-hybridized carbons (Fsp3) is 0.588. The lowest BCUT2D eigenvalue weighted by atomic mass is 9.75. The Hall–Kier alpha value is -1.03. The lowest BCUT2D eigenvalue weighted by Gasteiger charge is -2.38. The Labute approximate surface area is 135 Å². The molecule has 116 valence electrons. The number of hydrogen-bond donors (Lipinski definition) is 0. The summed E-state index contributed by atoms with van der Waals surface area (Å²) in [5, 5.41) is 0. The van der Waals surface area contributed by atoms with E-state index in [0.717, 1.165) is 17.3 Å². The fourth-order valence-electron chi connectivity index (χ4n) is 2.92. The van der Waals surface area contributed by atoms with Crippen LogP contribution >= 0.6 is 15.9 Å². The van der Waals surface area contributed by atoms with Gasteiger partial charge < -0.3 is 9.64 Å². The normalized spacial score (nSPS) is 18.3. The first-order valence-electron chi connectivity index (χ1n) is 7.45. The molecule has 3 nitrogen and oxygen atoms in total. The quantitative estimate of drug-likeness (QED) is 0.800. The third kappa shape index (κ3) is 3.79. The molecule has 4 heteroatoms. The van der Waals surface area contributed by atoms with Crippen LogP contribution in [0.1, 0.15) is 49.9 Å². The molecule has 0 radical (unpaired) electrons. The summed E-state index contributed by atoms with van der Waals surface area (Å²) in [4.78, 5) is 14.6. The summed E-state index contributed by atoms with van der Waals surface area (Å²) in [5.74, 6) is 0.769. The van der Waals surface area contributed by atoms with E-state index in [1.54, 1.807) is 13.2 Å². The minimum Gasteiger partial charge on any atom is -0.497 e. The second-order valence-corrected chi connectivity index (χ2v) is 7.51.